The number of nitrogens with two attached hydrogens (primary N) is 1. The molecule has 21 heavy (non-hydrogen) atoms. The van der Waals surface area contributed by atoms with Gasteiger partial charge in [-0.05, 0) is 37.1 Å². The molecule has 3 aromatic rings. The number of hydrogen-bond donors (Lipinski definition) is 1. The Morgan fingerprint density at radius 1 is 1.05 bits per heavy atom. The smallest absolute Gasteiger partial charge is 0.154 e. The minimum atomic E-state index is 0.498. The van der Waals surface area contributed by atoms with E-state index in [1.165, 1.54) is 12.8 Å². The van der Waals surface area contributed by atoms with Crippen LogP contribution < -0.4 is 10.6 Å². The van der Waals surface area contributed by atoms with Crippen LogP contribution in [0.15, 0.2) is 36.5 Å². The van der Waals surface area contributed by atoms with Gasteiger partial charge in [0.2, 0.25) is 0 Å². The van der Waals surface area contributed by atoms with Crippen LogP contribution in [0.3, 0.4) is 0 Å². The molecule has 0 aromatic carbocycles. The number of pyridine rings is 1. The molecule has 0 spiro atoms. The Labute approximate surface area is 122 Å². The van der Waals surface area contributed by atoms with Crippen molar-refractivity contribution in [3.05, 3.63) is 36.5 Å². The van der Waals surface area contributed by atoms with Crippen LogP contribution in [0.2, 0.25) is 0 Å². The van der Waals surface area contributed by atoms with Gasteiger partial charge in [0.15, 0.2) is 5.65 Å². The predicted octanol–water partition coefficient (Wildman–Crippen LogP) is 1.97. The normalized spacial score (nSPS) is 15.0. The molecule has 1 saturated heterocycles. The van der Waals surface area contributed by atoms with Gasteiger partial charge in [0, 0.05) is 13.1 Å². The number of fused-ring (bicyclic) bond motifs is 1. The quantitative estimate of drug-likeness (QED) is 0.777. The third-order valence-electron chi connectivity index (χ3n) is 3.81. The first-order chi connectivity index (χ1) is 10.3. The molecule has 3 aromatic heterocycles. The van der Waals surface area contributed by atoms with E-state index >= 15 is 0 Å². The van der Waals surface area contributed by atoms with Gasteiger partial charge in [-0.3, -0.25) is 0 Å². The molecule has 4 rings (SSSR count). The van der Waals surface area contributed by atoms with Crippen molar-refractivity contribution in [2.24, 2.45) is 0 Å². The lowest BCUT2D eigenvalue weighted by Gasteiger charge is -2.16. The summed E-state index contributed by atoms with van der Waals surface area (Å²) in [6.07, 6.45) is 4.25. The average Bonchev–Trinajstić information content (AvgIpc) is 3.16. The molecular weight excluding hydrogens is 264 g/mol. The van der Waals surface area contributed by atoms with Gasteiger partial charge in [-0.25, -0.2) is 14.5 Å². The van der Waals surface area contributed by atoms with E-state index in [0.717, 1.165) is 35.9 Å². The molecule has 1 aliphatic rings. The van der Waals surface area contributed by atoms with Gasteiger partial charge in [-0.1, -0.05) is 6.07 Å². The predicted molar refractivity (Wildman–Crippen MR) is 82.1 cm³/mol. The fourth-order valence-corrected chi connectivity index (χ4v) is 2.75. The largest absolute Gasteiger partial charge is 0.384 e. The number of nitrogen functional groups attached to an aromatic ring is 1. The lowest BCUT2D eigenvalue weighted by molar-refractivity contribution is 0.861. The molecule has 0 bridgehead atoms. The van der Waals surface area contributed by atoms with Gasteiger partial charge in [0.1, 0.15) is 17.3 Å². The highest BCUT2D eigenvalue weighted by molar-refractivity contribution is 5.61. The van der Waals surface area contributed by atoms with Crippen LogP contribution in [0.1, 0.15) is 12.8 Å². The average molecular weight is 280 g/mol. The fraction of sp³-hybridized carbons (Fsp3) is 0.267. The van der Waals surface area contributed by atoms with Gasteiger partial charge < -0.3 is 10.6 Å². The van der Waals surface area contributed by atoms with Crippen molar-refractivity contribution in [2.45, 2.75) is 12.8 Å². The van der Waals surface area contributed by atoms with Gasteiger partial charge in [0.25, 0.3) is 0 Å². The van der Waals surface area contributed by atoms with Crippen molar-refractivity contribution >= 4 is 17.3 Å². The minimum Gasteiger partial charge on any atom is -0.384 e. The van der Waals surface area contributed by atoms with Crippen molar-refractivity contribution in [2.75, 3.05) is 23.7 Å². The third-order valence-corrected chi connectivity index (χ3v) is 3.81. The third kappa shape index (κ3) is 2.08. The first-order valence-corrected chi connectivity index (χ1v) is 7.14. The number of rotatable bonds is 2. The zero-order valence-electron chi connectivity index (χ0n) is 11.6. The summed E-state index contributed by atoms with van der Waals surface area (Å²) in [6, 6.07) is 9.61. The molecule has 6 nitrogen and oxygen atoms in total. The van der Waals surface area contributed by atoms with E-state index in [-0.39, 0.29) is 0 Å². The Morgan fingerprint density at radius 2 is 1.90 bits per heavy atom. The Balaban J connectivity index is 1.84. The standard InChI is InChI=1S/C15H16N6/c16-13-5-3-4-11(18-13)12-10-17-14-6-7-15(19-21(12)14)20-8-1-2-9-20/h3-7,10H,1-2,8-9H2,(H2,16,18). The van der Waals surface area contributed by atoms with Crippen LogP contribution in [0.4, 0.5) is 11.6 Å². The summed E-state index contributed by atoms with van der Waals surface area (Å²) >= 11 is 0. The van der Waals surface area contributed by atoms with Gasteiger partial charge in [-0.15, -0.1) is 5.10 Å². The summed E-state index contributed by atoms with van der Waals surface area (Å²) in [5.41, 5.74) is 8.23. The Hall–Kier alpha value is -2.63. The van der Waals surface area contributed by atoms with Crippen LogP contribution in [0, 0.1) is 0 Å². The zero-order chi connectivity index (χ0) is 14.2. The molecule has 1 aliphatic heterocycles. The van der Waals surface area contributed by atoms with Crippen LogP contribution in [-0.2, 0) is 0 Å². The number of hydrogen-bond acceptors (Lipinski definition) is 5. The molecule has 0 aliphatic carbocycles. The molecule has 0 saturated carbocycles. The topological polar surface area (TPSA) is 72.3 Å². The van der Waals surface area contributed by atoms with E-state index in [2.05, 4.69) is 14.9 Å². The van der Waals surface area contributed by atoms with Gasteiger partial charge in [-0.2, -0.15) is 0 Å². The SMILES string of the molecule is Nc1cccc(-c2cnc3ccc(N4CCCC4)nn23)n1. The highest BCUT2D eigenvalue weighted by atomic mass is 15.3. The molecule has 0 amide bonds. The summed E-state index contributed by atoms with van der Waals surface area (Å²) in [7, 11) is 0. The summed E-state index contributed by atoms with van der Waals surface area (Å²) < 4.78 is 1.84. The second-order valence-electron chi connectivity index (χ2n) is 5.25. The summed E-state index contributed by atoms with van der Waals surface area (Å²) in [4.78, 5) is 11.1. The fourth-order valence-electron chi connectivity index (χ4n) is 2.75. The van der Waals surface area contributed by atoms with Crippen LogP contribution in [0.25, 0.3) is 17.0 Å². The Kier molecular flexibility index (Phi) is 2.73. The number of aromatic nitrogens is 4. The molecule has 4 heterocycles. The summed E-state index contributed by atoms with van der Waals surface area (Å²) in [5.74, 6) is 1.49. The molecule has 1 fully saturated rings. The van der Waals surface area contributed by atoms with Crippen LogP contribution in [0.5, 0.6) is 0 Å². The lowest BCUT2D eigenvalue weighted by Crippen LogP contribution is -2.19. The second kappa shape index (κ2) is 4.73. The Morgan fingerprint density at radius 3 is 2.71 bits per heavy atom. The van der Waals surface area contributed by atoms with E-state index in [4.69, 9.17) is 10.8 Å². The zero-order valence-corrected chi connectivity index (χ0v) is 11.6. The summed E-state index contributed by atoms with van der Waals surface area (Å²) in [6.45, 7) is 2.14. The first-order valence-electron chi connectivity index (χ1n) is 7.14. The Bertz CT molecular complexity index is 788. The maximum atomic E-state index is 5.77. The van der Waals surface area contributed by atoms with E-state index in [1.807, 2.05) is 28.8 Å². The molecule has 6 heteroatoms. The molecule has 2 N–H and O–H groups in total. The van der Waals surface area contributed by atoms with E-state index in [1.54, 1.807) is 12.3 Å². The maximum absolute atomic E-state index is 5.77. The van der Waals surface area contributed by atoms with E-state index < -0.39 is 0 Å². The molecule has 106 valence electrons. The molecule has 0 radical (unpaired) electrons. The maximum Gasteiger partial charge on any atom is 0.154 e. The molecular formula is C15H16N6. The van der Waals surface area contributed by atoms with Crippen molar-refractivity contribution in [1.82, 2.24) is 19.6 Å². The highest BCUT2D eigenvalue weighted by Crippen LogP contribution is 2.22. The minimum absolute atomic E-state index is 0.498. The second-order valence-corrected chi connectivity index (χ2v) is 5.25. The summed E-state index contributed by atoms with van der Waals surface area (Å²) in [5, 5.41) is 4.72. The van der Waals surface area contributed by atoms with Crippen molar-refractivity contribution in [3.63, 3.8) is 0 Å². The molecule has 0 atom stereocenters. The van der Waals surface area contributed by atoms with Crippen LogP contribution in [-0.4, -0.2) is 32.7 Å². The number of anilines is 2. The van der Waals surface area contributed by atoms with Crippen molar-refractivity contribution in [1.29, 1.82) is 0 Å². The number of nitrogens with zero attached hydrogens (tertiary/aromatic N) is 5. The van der Waals surface area contributed by atoms with Crippen molar-refractivity contribution < 1.29 is 0 Å². The van der Waals surface area contributed by atoms with Crippen molar-refractivity contribution in [3.8, 4) is 11.4 Å². The van der Waals surface area contributed by atoms with E-state index in [9.17, 15) is 0 Å². The van der Waals surface area contributed by atoms with Gasteiger partial charge in [0.05, 0.1) is 11.9 Å². The van der Waals surface area contributed by atoms with Gasteiger partial charge >= 0.3 is 0 Å². The number of imidazole rings is 1. The lowest BCUT2D eigenvalue weighted by atomic mass is 10.3. The first kappa shape index (κ1) is 12.1. The van der Waals surface area contributed by atoms with E-state index in [0.29, 0.717) is 5.82 Å². The monoisotopic (exact) mass is 280 g/mol. The molecule has 0 unspecified atom stereocenters. The van der Waals surface area contributed by atoms with Crippen LogP contribution >= 0.6 is 0 Å². The highest BCUT2D eigenvalue weighted by Gasteiger charge is 2.15.